The molecule has 2 rings (SSSR count). The molecule has 5 nitrogen and oxygen atoms in total. The van der Waals surface area contributed by atoms with E-state index in [0.717, 1.165) is 11.3 Å². The molecule has 0 unspecified atom stereocenters. The molecule has 7 heteroatoms. The van der Waals surface area contributed by atoms with Crippen LogP contribution in [-0.4, -0.2) is 30.9 Å². The van der Waals surface area contributed by atoms with Gasteiger partial charge in [-0.3, -0.25) is 4.79 Å². The van der Waals surface area contributed by atoms with Crippen molar-refractivity contribution in [3.8, 4) is 0 Å². The van der Waals surface area contributed by atoms with E-state index in [4.69, 9.17) is 9.47 Å². The van der Waals surface area contributed by atoms with Crippen LogP contribution in [0.2, 0.25) is 0 Å². The third kappa shape index (κ3) is 3.26. The molecule has 2 aromatic heterocycles. The Kier molecular flexibility index (Phi) is 5.46. The molecule has 0 saturated heterocycles. The summed E-state index contributed by atoms with van der Waals surface area (Å²) in [4.78, 5) is 37.2. The van der Waals surface area contributed by atoms with Crippen LogP contribution in [0.4, 0.5) is 0 Å². The third-order valence-corrected chi connectivity index (χ3v) is 4.55. The molecular formula is C15H14O5S2. The zero-order valence-electron chi connectivity index (χ0n) is 12.1. The number of ketones is 1. The maximum absolute atomic E-state index is 12.5. The van der Waals surface area contributed by atoms with Crippen molar-refractivity contribution in [2.75, 3.05) is 13.2 Å². The number of hydrogen-bond donors (Lipinski definition) is 0. The summed E-state index contributed by atoms with van der Waals surface area (Å²) in [5.41, 5.74) is 0.164. The first-order valence-corrected chi connectivity index (χ1v) is 8.40. The van der Waals surface area contributed by atoms with Crippen molar-refractivity contribution in [1.82, 2.24) is 0 Å². The van der Waals surface area contributed by atoms with E-state index in [-0.39, 0.29) is 35.0 Å². The van der Waals surface area contributed by atoms with Crippen LogP contribution in [-0.2, 0) is 9.47 Å². The normalized spacial score (nSPS) is 10.3. The Hall–Kier alpha value is -1.99. The van der Waals surface area contributed by atoms with Crippen LogP contribution < -0.4 is 0 Å². The van der Waals surface area contributed by atoms with Gasteiger partial charge >= 0.3 is 11.9 Å². The molecule has 116 valence electrons. The number of hydrogen-bond acceptors (Lipinski definition) is 7. The number of thiophene rings is 2. The predicted octanol–water partition coefficient (Wildman–Crippen LogP) is 3.39. The number of esters is 2. The minimum absolute atomic E-state index is 0.0105. The number of carbonyl (C=O) groups is 3. The van der Waals surface area contributed by atoms with Crippen molar-refractivity contribution >= 4 is 40.4 Å². The number of ether oxygens (including phenoxy) is 2. The van der Waals surface area contributed by atoms with Gasteiger partial charge in [-0.2, -0.15) is 0 Å². The van der Waals surface area contributed by atoms with E-state index in [9.17, 15) is 14.4 Å². The minimum atomic E-state index is -0.688. The van der Waals surface area contributed by atoms with E-state index < -0.39 is 11.9 Å². The van der Waals surface area contributed by atoms with E-state index in [2.05, 4.69) is 0 Å². The molecule has 0 fully saturated rings. The first-order valence-electron chi connectivity index (χ1n) is 6.64. The lowest BCUT2D eigenvalue weighted by Gasteiger charge is -2.06. The minimum Gasteiger partial charge on any atom is -0.462 e. The summed E-state index contributed by atoms with van der Waals surface area (Å²) in [5, 5.41) is 3.27. The summed E-state index contributed by atoms with van der Waals surface area (Å²) in [6.45, 7) is 3.68. The lowest BCUT2D eigenvalue weighted by Crippen LogP contribution is -2.15. The summed E-state index contributed by atoms with van der Waals surface area (Å²) >= 11 is 2.29. The second-order valence-corrected chi connectivity index (χ2v) is 5.93. The third-order valence-electron chi connectivity index (χ3n) is 2.72. The fourth-order valence-electron chi connectivity index (χ4n) is 1.82. The van der Waals surface area contributed by atoms with Crippen LogP contribution in [0, 0.1) is 0 Å². The van der Waals surface area contributed by atoms with Crippen molar-refractivity contribution in [3.05, 3.63) is 43.8 Å². The molecule has 0 amide bonds. The molecular weight excluding hydrogens is 324 g/mol. The highest BCUT2D eigenvalue weighted by atomic mass is 32.1. The Labute approximate surface area is 135 Å². The van der Waals surface area contributed by atoms with Crippen LogP contribution in [0.25, 0.3) is 0 Å². The SMILES string of the molecule is CCOC(=O)c1scc(C(=O)c2cccs2)c1C(=O)OCC. The van der Waals surface area contributed by atoms with Crippen LogP contribution in [0.3, 0.4) is 0 Å². The molecule has 0 aliphatic carbocycles. The summed E-state index contributed by atoms with van der Waals surface area (Å²) in [6, 6.07) is 3.42. The Balaban J connectivity index is 2.48. The monoisotopic (exact) mass is 338 g/mol. The average molecular weight is 338 g/mol. The van der Waals surface area contributed by atoms with Gasteiger partial charge in [0, 0.05) is 10.9 Å². The molecule has 0 aliphatic rings. The Morgan fingerprint density at radius 1 is 1.05 bits per heavy atom. The van der Waals surface area contributed by atoms with Gasteiger partial charge in [-0.05, 0) is 25.3 Å². The van der Waals surface area contributed by atoms with Crippen molar-refractivity contribution in [2.45, 2.75) is 13.8 Å². The zero-order chi connectivity index (χ0) is 16.1. The van der Waals surface area contributed by atoms with Gasteiger partial charge in [-0.15, -0.1) is 22.7 Å². The Bertz CT molecular complexity index is 685. The van der Waals surface area contributed by atoms with E-state index in [1.807, 2.05) is 0 Å². The van der Waals surface area contributed by atoms with Crippen LogP contribution in [0.5, 0.6) is 0 Å². The van der Waals surface area contributed by atoms with Crippen LogP contribution >= 0.6 is 22.7 Å². The highest BCUT2D eigenvalue weighted by Crippen LogP contribution is 2.28. The molecule has 2 heterocycles. The Morgan fingerprint density at radius 2 is 1.73 bits per heavy atom. The Morgan fingerprint density at radius 3 is 2.32 bits per heavy atom. The van der Waals surface area contributed by atoms with E-state index >= 15 is 0 Å². The molecule has 0 radical (unpaired) electrons. The van der Waals surface area contributed by atoms with Gasteiger partial charge in [0.15, 0.2) is 0 Å². The standard InChI is InChI=1S/C15H14O5S2/c1-3-19-14(17)11-9(12(16)10-6-5-7-21-10)8-22-13(11)15(18)20-4-2/h5-8H,3-4H2,1-2H3. The molecule has 0 atom stereocenters. The van der Waals surface area contributed by atoms with Gasteiger partial charge in [-0.1, -0.05) is 6.07 Å². The summed E-state index contributed by atoms with van der Waals surface area (Å²) in [7, 11) is 0. The second kappa shape index (κ2) is 7.33. The lowest BCUT2D eigenvalue weighted by molar-refractivity contribution is 0.0482. The topological polar surface area (TPSA) is 69.7 Å². The quantitative estimate of drug-likeness (QED) is 0.596. The molecule has 22 heavy (non-hydrogen) atoms. The predicted molar refractivity (Wildman–Crippen MR) is 84.0 cm³/mol. The molecule has 0 spiro atoms. The summed E-state index contributed by atoms with van der Waals surface area (Å²) < 4.78 is 9.91. The van der Waals surface area contributed by atoms with Gasteiger partial charge in [-0.25, -0.2) is 9.59 Å². The molecule has 2 aromatic rings. The molecule has 0 saturated carbocycles. The molecule has 0 aliphatic heterocycles. The maximum atomic E-state index is 12.5. The van der Waals surface area contributed by atoms with Gasteiger partial charge in [0.05, 0.1) is 23.7 Å². The van der Waals surface area contributed by atoms with Gasteiger partial charge < -0.3 is 9.47 Å². The van der Waals surface area contributed by atoms with Gasteiger partial charge in [0.25, 0.3) is 0 Å². The van der Waals surface area contributed by atoms with Gasteiger partial charge in [0.2, 0.25) is 5.78 Å². The van der Waals surface area contributed by atoms with Crippen molar-refractivity contribution in [1.29, 1.82) is 0 Å². The van der Waals surface area contributed by atoms with E-state index in [1.165, 1.54) is 16.7 Å². The summed E-state index contributed by atoms with van der Waals surface area (Å²) in [6.07, 6.45) is 0. The lowest BCUT2D eigenvalue weighted by atomic mass is 10.1. The molecule has 0 bridgehead atoms. The average Bonchev–Trinajstić information content (AvgIpc) is 3.16. The second-order valence-electron chi connectivity index (χ2n) is 4.10. The molecule has 0 aromatic carbocycles. The molecule has 0 N–H and O–H groups in total. The largest absolute Gasteiger partial charge is 0.462 e. The number of carbonyl (C=O) groups excluding carboxylic acids is 3. The zero-order valence-corrected chi connectivity index (χ0v) is 13.7. The van der Waals surface area contributed by atoms with Crippen molar-refractivity contribution < 1.29 is 23.9 Å². The number of rotatable bonds is 6. The first kappa shape index (κ1) is 16.4. The van der Waals surface area contributed by atoms with Crippen molar-refractivity contribution in [3.63, 3.8) is 0 Å². The summed E-state index contributed by atoms with van der Waals surface area (Å²) in [5.74, 6) is -1.61. The van der Waals surface area contributed by atoms with Crippen LogP contribution in [0.1, 0.15) is 49.1 Å². The van der Waals surface area contributed by atoms with E-state index in [0.29, 0.717) is 4.88 Å². The fourth-order valence-corrected chi connectivity index (χ4v) is 3.42. The fraction of sp³-hybridized carbons (Fsp3) is 0.267. The highest BCUT2D eigenvalue weighted by Gasteiger charge is 2.29. The van der Waals surface area contributed by atoms with Crippen molar-refractivity contribution in [2.24, 2.45) is 0 Å². The first-order chi connectivity index (χ1) is 10.6. The van der Waals surface area contributed by atoms with Crippen LogP contribution in [0.15, 0.2) is 22.9 Å². The maximum Gasteiger partial charge on any atom is 0.349 e. The van der Waals surface area contributed by atoms with Gasteiger partial charge in [0.1, 0.15) is 4.88 Å². The highest BCUT2D eigenvalue weighted by molar-refractivity contribution is 7.13. The smallest absolute Gasteiger partial charge is 0.349 e. The van der Waals surface area contributed by atoms with E-state index in [1.54, 1.807) is 31.4 Å².